The molecule has 0 spiro atoms. The number of benzene rings is 1. The normalized spacial score (nSPS) is 13.5. The third-order valence-corrected chi connectivity index (χ3v) is 5.24. The van der Waals surface area contributed by atoms with E-state index in [0.717, 1.165) is 22.9 Å². The van der Waals surface area contributed by atoms with Gasteiger partial charge in [-0.3, -0.25) is 4.79 Å². The molecule has 1 aromatic heterocycles. The van der Waals surface area contributed by atoms with Gasteiger partial charge in [0.05, 0.1) is 6.10 Å². The molecular weight excluding hydrogens is 322 g/mol. The van der Waals surface area contributed by atoms with E-state index in [0.29, 0.717) is 5.56 Å². The van der Waals surface area contributed by atoms with Crippen LogP contribution in [0.2, 0.25) is 0 Å². The molecule has 0 aliphatic carbocycles. The van der Waals surface area contributed by atoms with Gasteiger partial charge in [0.2, 0.25) is 0 Å². The Morgan fingerprint density at radius 1 is 1.46 bits per heavy atom. The molecule has 1 heterocycles. The summed E-state index contributed by atoms with van der Waals surface area (Å²) < 4.78 is 1.97. The van der Waals surface area contributed by atoms with Crippen molar-refractivity contribution in [2.24, 2.45) is 13.0 Å². The van der Waals surface area contributed by atoms with Gasteiger partial charge < -0.3 is 15.0 Å². The van der Waals surface area contributed by atoms with Crippen molar-refractivity contribution in [3.05, 3.63) is 47.8 Å². The van der Waals surface area contributed by atoms with Gasteiger partial charge in [-0.2, -0.15) is 0 Å². The highest BCUT2D eigenvalue weighted by molar-refractivity contribution is 7.98. The van der Waals surface area contributed by atoms with Crippen molar-refractivity contribution in [1.82, 2.24) is 14.9 Å². The largest absolute Gasteiger partial charge is 0.391 e. The molecule has 24 heavy (non-hydrogen) atoms. The Labute approximate surface area is 147 Å². The molecule has 0 bridgehead atoms. The zero-order valence-corrected chi connectivity index (χ0v) is 15.2. The smallest absolute Gasteiger partial charge is 0.251 e. The molecule has 0 saturated carbocycles. The van der Waals surface area contributed by atoms with Gasteiger partial charge in [0, 0.05) is 37.3 Å². The molecule has 130 valence electrons. The summed E-state index contributed by atoms with van der Waals surface area (Å²) in [5.74, 6) is 0.772. The highest BCUT2D eigenvalue weighted by Crippen LogP contribution is 2.21. The fourth-order valence-corrected chi connectivity index (χ4v) is 3.09. The molecule has 0 fully saturated rings. The third kappa shape index (κ3) is 5.11. The molecule has 6 heteroatoms. The van der Waals surface area contributed by atoms with Gasteiger partial charge in [0.15, 0.2) is 5.16 Å². The second kappa shape index (κ2) is 8.89. The first-order valence-corrected chi connectivity index (χ1v) is 9.15. The van der Waals surface area contributed by atoms with Gasteiger partial charge in [0.25, 0.3) is 5.91 Å². The van der Waals surface area contributed by atoms with Gasteiger partial charge in [-0.25, -0.2) is 4.98 Å². The molecule has 2 aromatic rings. The highest BCUT2D eigenvalue weighted by atomic mass is 32.2. The lowest BCUT2D eigenvalue weighted by atomic mass is 10.0. The molecular formula is C18H25N3O2S. The Hall–Kier alpha value is -1.79. The van der Waals surface area contributed by atoms with E-state index in [-0.39, 0.29) is 18.4 Å². The Bertz CT molecular complexity index is 672. The van der Waals surface area contributed by atoms with E-state index in [1.54, 1.807) is 24.0 Å². The Kier molecular flexibility index (Phi) is 6.87. The number of aryl methyl sites for hydroxylation is 1. The van der Waals surface area contributed by atoms with E-state index in [4.69, 9.17) is 0 Å². The van der Waals surface area contributed by atoms with Crippen LogP contribution in [-0.4, -0.2) is 33.2 Å². The first-order valence-electron chi connectivity index (χ1n) is 8.16. The number of aliphatic hydroxyl groups excluding tert-OH is 1. The maximum absolute atomic E-state index is 12.3. The van der Waals surface area contributed by atoms with Gasteiger partial charge in [-0.1, -0.05) is 44.2 Å². The summed E-state index contributed by atoms with van der Waals surface area (Å²) >= 11 is 1.63. The Balaban J connectivity index is 1.91. The number of nitrogens with one attached hydrogen (secondary N) is 1. The number of aromatic nitrogens is 2. The number of hydrogen-bond donors (Lipinski definition) is 2. The molecule has 0 aliphatic heterocycles. The summed E-state index contributed by atoms with van der Waals surface area (Å²) in [6, 6.07) is 7.57. The molecule has 0 aliphatic rings. The highest BCUT2D eigenvalue weighted by Gasteiger charge is 2.14. The fraction of sp³-hybridized carbons (Fsp3) is 0.444. The van der Waals surface area contributed by atoms with Crippen LogP contribution in [0, 0.1) is 5.92 Å². The van der Waals surface area contributed by atoms with E-state index < -0.39 is 6.10 Å². The molecule has 1 aromatic carbocycles. The van der Waals surface area contributed by atoms with Crippen molar-refractivity contribution in [2.75, 3.05) is 6.54 Å². The van der Waals surface area contributed by atoms with Crippen LogP contribution in [0.4, 0.5) is 0 Å². The van der Waals surface area contributed by atoms with E-state index in [1.807, 2.05) is 49.9 Å². The SMILES string of the molecule is CCC(C)C(O)CNC(=O)c1cccc(CSc2nccn2C)c1. The van der Waals surface area contributed by atoms with E-state index in [2.05, 4.69) is 10.3 Å². The predicted molar refractivity (Wildman–Crippen MR) is 97.0 cm³/mol. The van der Waals surface area contributed by atoms with Crippen molar-refractivity contribution in [2.45, 2.75) is 37.3 Å². The number of rotatable bonds is 8. The van der Waals surface area contributed by atoms with Crippen molar-refractivity contribution in [1.29, 1.82) is 0 Å². The fourth-order valence-electron chi connectivity index (χ4n) is 2.21. The number of amides is 1. The Morgan fingerprint density at radius 3 is 2.92 bits per heavy atom. The quantitative estimate of drug-likeness (QED) is 0.721. The summed E-state index contributed by atoms with van der Waals surface area (Å²) in [7, 11) is 1.96. The molecule has 2 unspecified atom stereocenters. The molecule has 0 radical (unpaired) electrons. The average molecular weight is 347 g/mol. The maximum atomic E-state index is 12.3. The number of imidazole rings is 1. The minimum absolute atomic E-state index is 0.152. The number of thioether (sulfide) groups is 1. The number of carbonyl (C=O) groups excluding carboxylic acids is 1. The van der Waals surface area contributed by atoms with Crippen molar-refractivity contribution in [3.63, 3.8) is 0 Å². The molecule has 2 rings (SSSR count). The summed E-state index contributed by atoms with van der Waals surface area (Å²) in [4.78, 5) is 16.5. The minimum atomic E-state index is -0.513. The van der Waals surface area contributed by atoms with E-state index in [9.17, 15) is 9.90 Å². The summed E-state index contributed by atoms with van der Waals surface area (Å²) in [5.41, 5.74) is 1.68. The van der Waals surface area contributed by atoms with Crippen LogP contribution in [0.3, 0.4) is 0 Å². The van der Waals surface area contributed by atoms with Gasteiger partial charge in [-0.05, 0) is 23.6 Å². The van der Waals surface area contributed by atoms with Gasteiger partial charge in [0.1, 0.15) is 0 Å². The third-order valence-electron chi connectivity index (χ3n) is 4.11. The van der Waals surface area contributed by atoms with Crippen LogP contribution < -0.4 is 5.32 Å². The Morgan fingerprint density at radius 2 is 2.25 bits per heavy atom. The zero-order valence-electron chi connectivity index (χ0n) is 14.4. The first kappa shape index (κ1) is 18.5. The molecule has 2 N–H and O–H groups in total. The van der Waals surface area contributed by atoms with Crippen molar-refractivity contribution < 1.29 is 9.90 Å². The van der Waals surface area contributed by atoms with Gasteiger partial charge >= 0.3 is 0 Å². The van der Waals surface area contributed by atoms with Crippen molar-refractivity contribution >= 4 is 17.7 Å². The number of carbonyl (C=O) groups is 1. The van der Waals surface area contributed by atoms with Crippen molar-refractivity contribution in [3.8, 4) is 0 Å². The monoisotopic (exact) mass is 347 g/mol. The van der Waals surface area contributed by atoms with Crippen LogP contribution in [0.15, 0.2) is 41.8 Å². The number of hydrogen-bond acceptors (Lipinski definition) is 4. The lowest BCUT2D eigenvalue weighted by molar-refractivity contribution is 0.0850. The van der Waals surface area contributed by atoms with Crippen LogP contribution >= 0.6 is 11.8 Å². The van der Waals surface area contributed by atoms with Crippen LogP contribution in [-0.2, 0) is 12.8 Å². The molecule has 5 nitrogen and oxygen atoms in total. The second-order valence-corrected chi connectivity index (χ2v) is 6.92. The molecule has 1 amide bonds. The molecule has 0 saturated heterocycles. The maximum Gasteiger partial charge on any atom is 0.251 e. The first-order chi connectivity index (χ1) is 11.5. The summed E-state index contributed by atoms with van der Waals surface area (Å²) in [5, 5.41) is 13.7. The van der Waals surface area contributed by atoms with Crippen LogP contribution in [0.1, 0.15) is 36.2 Å². The standard InChI is InChI=1S/C18H25N3O2S/c1-4-13(2)16(22)11-20-17(23)15-7-5-6-14(10-15)12-24-18-19-8-9-21(18)3/h5-10,13,16,22H,4,11-12H2,1-3H3,(H,20,23). The predicted octanol–water partition coefficient (Wildman–Crippen LogP) is 2.85. The lowest BCUT2D eigenvalue weighted by Gasteiger charge is -2.17. The lowest BCUT2D eigenvalue weighted by Crippen LogP contribution is -2.35. The van der Waals surface area contributed by atoms with Crippen LogP contribution in [0.5, 0.6) is 0 Å². The zero-order chi connectivity index (χ0) is 17.5. The summed E-state index contributed by atoms with van der Waals surface area (Å²) in [6.45, 7) is 4.28. The average Bonchev–Trinajstić information content (AvgIpc) is 3.02. The topological polar surface area (TPSA) is 67.2 Å². The van der Waals surface area contributed by atoms with Gasteiger partial charge in [-0.15, -0.1) is 0 Å². The minimum Gasteiger partial charge on any atom is -0.391 e. The van der Waals surface area contributed by atoms with E-state index in [1.165, 1.54) is 0 Å². The number of nitrogens with zero attached hydrogens (tertiary/aromatic N) is 2. The molecule has 2 atom stereocenters. The second-order valence-electron chi connectivity index (χ2n) is 5.97. The summed E-state index contributed by atoms with van der Waals surface area (Å²) in [6.07, 6.45) is 4.06. The van der Waals surface area contributed by atoms with E-state index >= 15 is 0 Å². The number of aliphatic hydroxyl groups is 1. The van der Waals surface area contributed by atoms with Crippen LogP contribution in [0.25, 0.3) is 0 Å².